The molecule has 0 unspecified atom stereocenters. The molecule has 0 radical (unpaired) electrons. The van der Waals surface area contributed by atoms with Gasteiger partial charge in [0, 0.05) is 30.9 Å². The van der Waals surface area contributed by atoms with Crippen LogP contribution >= 0.6 is 0 Å². The van der Waals surface area contributed by atoms with Crippen molar-refractivity contribution < 1.29 is 9.53 Å². The van der Waals surface area contributed by atoms with Crippen LogP contribution in [-0.2, 0) is 4.74 Å². The summed E-state index contributed by atoms with van der Waals surface area (Å²) in [5.41, 5.74) is 2.24. The lowest BCUT2D eigenvalue weighted by Gasteiger charge is -2.45. The summed E-state index contributed by atoms with van der Waals surface area (Å²) in [6, 6.07) is 11.3. The van der Waals surface area contributed by atoms with Gasteiger partial charge in [0.05, 0.1) is 12.2 Å². The van der Waals surface area contributed by atoms with Crippen LogP contribution in [0.3, 0.4) is 0 Å². The van der Waals surface area contributed by atoms with Crippen molar-refractivity contribution in [3.8, 4) is 11.3 Å². The van der Waals surface area contributed by atoms with Crippen LogP contribution in [0, 0.1) is 6.92 Å². The van der Waals surface area contributed by atoms with Crippen LogP contribution in [-0.4, -0.2) is 53.2 Å². The van der Waals surface area contributed by atoms with Crippen LogP contribution in [0.1, 0.15) is 43.6 Å². The number of benzene rings is 1. The van der Waals surface area contributed by atoms with Gasteiger partial charge in [-0.25, -0.2) is 0 Å². The minimum atomic E-state index is -0.382. The Morgan fingerprint density at radius 3 is 2.52 bits per heavy atom. The van der Waals surface area contributed by atoms with Crippen LogP contribution < -0.4 is 10.9 Å². The Hall–Kier alpha value is -2.44. The van der Waals surface area contributed by atoms with E-state index in [1.807, 2.05) is 31.2 Å². The summed E-state index contributed by atoms with van der Waals surface area (Å²) < 4.78 is 5.80. The molecule has 1 saturated heterocycles. The molecule has 156 valence electrons. The maximum atomic E-state index is 12.7. The predicted octanol–water partition coefficient (Wildman–Crippen LogP) is 2.97. The first-order valence-electron chi connectivity index (χ1n) is 10.1. The molecule has 1 aliphatic heterocycles. The molecule has 0 aliphatic carbocycles. The van der Waals surface area contributed by atoms with E-state index in [0.717, 1.165) is 24.2 Å². The summed E-state index contributed by atoms with van der Waals surface area (Å²) in [6.45, 7) is 12.4. The monoisotopic (exact) mass is 397 g/mol. The Balaban J connectivity index is 1.68. The van der Waals surface area contributed by atoms with Crippen molar-refractivity contribution in [1.82, 2.24) is 15.2 Å². The Labute approximate surface area is 172 Å². The van der Waals surface area contributed by atoms with Crippen LogP contribution in [0.25, 0.3) is 11.3 Å². The number of morpholine rings is 1. The standard InChI is InChI=1S/C23H31N3O3/c1-15-7-6-8-18(11-15)20-10-9-19(22(28)25-20)21(27)24-14-23(4,5)26-12-16(2)29-17(3)13-26/h6-11,16-17H,12-14H2,1-5H3,(H,24,27)(H,25,28)/t16-,17+. The van der Waals surface area contributed by atoms with Gasteiger partial charge in [0.1, 0.15) is 5.56 Å². The smallest absolute Gasteiger partial charge is 0.261 e. The number of aromatic nitrogens is 1. The molecule has 1 amide bonds. The molecule has 2 heterocycles. The molecule has 29 heavy (non-hydrogen) atoms. The molecule has 1 aromatic carbocycles. The molecule has 2 aromatic rings. The first-order valence-corrected chi connectivity index (χ1v) is 10.1. The highest BCUT2D eigenvalue weighted by Gasteiger charge is 2.33. The Morgan fingerprint density at radius 1 is 1.21 bits per heavy atom. The number of nitrogens with one attached hydrogen (secondary N) is 2. The lowest BCUT2D eigenvalue weighted by molar-refractivity contribution is -0.0948. The number of aromatic amines is 1. The number of carbonyl (C=O) groups excluding carboxylic acids is 1. The van der Waals surface area contributed by atoms with Gasteiger partial charge >= 0.3 is 0 Å². The van der Waals surface area contributed by atoms with Crippen LogP contribution in [0.2, 0.25) is 0 Å². The minimum absolute atomic E-state index is 0.126. The van der Waals surface area contributed by atoms with Gasteiger partial charge in [0.15, 0.2) is 0 Å². The average Bonchev–Trinajstić information content (AvgIpc) is 2.65. The van der Waals surface area contributed by atoms with Crippen LogP contribution in [0.5, 0.6) is 0 Å². The van der Waals surface area contributed by atoms with Gasteiger partial charge in [-0.3, -0.25) is 14.5 Å². The number of hydrogen-bond donors (Lipinski definition) is 2. The lowest BCUT2D eigenvalue weighted by atomic mass is 10.00. The first kappa shape index (κ1) is 21.3. The zero-order valence-corrected chi connectivity index (χ0v) is 17.9. The maximum Gasteiger partial charge on any atom is 0.261 e. The van der Waals surface area contributed by atoms with Gasteiger partial charge in [-0.05, 0) is 58.4 Å². The number of pyridine rings is 1. The normalized spacial score (nSPS) is 20.4. The second kappa shape index (κ2) is 8.51. The molecule has 0 saturated carbocycles. The number of rotatable bonds is 5. The number of hydrogen-bond acceptors (Lipinski definition) is 4. The van der Waals surface area contributed by atoms with Gasteiger partial charge in [-0.2, -0.15) is 0 Å². The van der Waals surface area contributed by atoms with Crippen molar-refractivity contribution >= 4 is 5.91 Å². The topological polar surface area (TPSA) is 74.4 Å². The summed E-state index contributed by atoms with van der Waals surface area (Å²) >= 11 is 0. The molecule has 1 fully saturated rings. The molecule has 0 bridgehead atoms. The Morgan fingerprint density at radius 2 is 1.90 bits per heavy atom. The van der Waals surface area contributed by atoms with Gasteiger partial charge in [-0.15, -0.1) is 0 Å². The molecule has 0 spiro atoms. The SMILES string of the molecule is Cc1cccc(-c2ccc(C(=O)NCC(C)(C)N3C[C@@H](C)O[C@@H](C)C3)c(=O)[nH]2)c1. The van der Waals surface area contributed by atoms with Gasteiger partial charge in [0.2, 0.25) is 0 Å². The maximum absolute atomic E-state index is 12.7. The van der Waals surface area contributed by atoms with E-state index in [4.69, 9.17) is 4.74 Å². The fraction of sp³-hybridized carbons (Fsp3) is 0.478. The zero-order valence-electron chi connectivity index (χ0n) is 17.9. The number of amides is 1. The second-order valence-electron chi connectivity index (χ2n) is 8.64. The number of ether oxygens (including phenoxy) is 1. The summed E-state index contributed by atoms with van der Waals surface area (Å²) in [5, 5.41) is 2.93. The third kappa shape index (κ3) is 5.14. The average molecular weight is 398 g/mol. The highest BCUT2D eigenvalue weighted by molar-refractivity contribution is 5.94. The van der Waals surface area contributed by atoms with E-state index in [9.17, 15) is 9.59 Å². The molecular weight excluding hydrogens is 366 g/mol. The van der Waals surface area contributed by atoms with E-state index in [-0.39, 0.29) is 34.8 Å². The third-order valence-electron chi connectivity index (χ3n) is 5.44. The van der Waals surface area contributed by atoms with Gasteiger partial charge in [0.25, 0.3) is 11.5 Å². The summed E-state index contributed by atoms with van der Waals surface area (Å²) in [4.78, 5) is 30.3. The number of H-pyrrole nitrogens is 1. The van der Waals surface area contributed by atoms with Gasteiger partial charge in [-0.1, -0.05) is 23.8 Å². The van der Waals surface area contributed by atoms with E-state index in [0.29, 0.717) is 12.2 Å². The number of carbonyl (C=O) groups is 1. The van der Waals surface area contributed by atoms with E-state index >= 15 is 0 Å². The van der Waals surface area contributed by atoms with Crippen LogP contribution in [0.15, 0.2) is 41.2 Å². The van der Waals surface area contributed by atoms with E-state index < -0.39 is 0 Å². The molecule has 6 nitrogen and oxygen atoms in total. The summed E-state index contributed by atoms with van der Waals surface area (Å²) in [7, 11) is 0. The number of nitrogens with zero attached hydrogens (tertiary/aromatic N) is 1. The highest BCUT2D eigenvalue weighted by Crippen LogP contribution is 2.21. The molecule has 2 atom stereocenters. The fourth-order valence-electron chi connectivity index (χ4n) is 3.81. The van der Waals surface area contributed by atoms with E-state index in [1.165, 1.54) is 0 Å². The molecule has 2 N–H and O–H groups in total. The second-order valence-corrected chi connectivity index (χ2v) is 8.64. The Bertz CT molecular complexity index is 925. The quantitative estimate of drug-likeness (QED) is 0.813. The molecule has 6 heteroatoms. The zero-order chi connectivity index (χ0) is 21.2. The molecule has 1 aliphatic rings. The minimum Gasteiger partial charge on any atom is -0.373 e. The van der Waals surface area contributed by atoms with Gasteiger partial charge < -0.3 is 15.0 Å². The van der Waals surface area contributed by atoms with Crippen molar-refractivity contribution in [3.63, 3.8) is 0 Å². The molecule has 3 rings (SSSR count). The van der Waals surface area contributed by atoms with Crippen molar-refractivity contribution in [1.29, 1.82) is 0 Å². The van der Waals surface area contributed by atoms with Crippen molar-refractivity contribution in [2.45, 2.75) is 52.4 Å². The highest BCUT2D eigenvalue weighted by atomic mass is 16.5. The van der Waals surface area contributed by atoms with Crippen molar-refractivity contribution in [2.24, 2.45) is 0 Å². The Kier molecular flexibility index (Phi) is 6.24. The summed E-state index contributed by atoms with van der Waals surface area (Å²) in [6.07, 6.45) is 0.316. The first-order chi connectivity index (χ1) is 13.7. The molecular formula is C23H31N3O3. The fourth-order valence-corrected chi connectivity index (χ4v) is 3.81. The number of aryl methyl sites for hydroxylation is 1. The predicted molar refractivity (Wildman–Crippen MR) is 115 cm³/mol. The summed E-state index contributed by atoms with van der Waals surface area (Å²) in [5.74, 6) is -0.357. The van der Waals surface area contributed by atoms with Crippen molar-refractivity contribution in [3.05, 3.63) is 57.9 Å². The largest absolute Gasteiger partial charge is 0.373 e. The third-order valence-corrected chi connectivity index (χ3v) is 5.44. The van der Waals surface area contributed by atoms with E-state index in [1.54, 1.807) is 12.1 Å². The van der Waals surface area contributed by atoms with Crippen molar-refractivity contribution in [2.75, 3.05) is 19.6 Å². The van der Waals surface area contributed by atoms with E-state index in [2.05, 4.69) is 42.9 Å². The lowest BCUT2D eigenvalue weighted by Crippen LogP contribution is -2.58. The van der Waals surface area contributed by atoms with Crippen LogP contribution in [0.4, 0.5) is 0 Å². The molecule has 1 aromatic heterocycles.